The summed E-state index contributed by atoms with van der Waals surface area (Å²) < 4.78 is 15.4. The molecule has 0 aliphatic heterocycles. The Kier molecular flexibility index (Phi) is 6.62. The van der Waals surface area contributed by atoms with E-state index in [1.807, 2.05) is 24.3 Å². The Morgan fingerprint density at radius 3 is 2.72 bits per heavy atom. The largest absolute Gasteiger partial charge is 0.497 e. The SMILES string of the molecule is CCOC(=O)/C(=C/CCCOC(C)=O)c1c[nH]c2ccc(OC)cc12. The number of allylic oxidation sites excluding steroid dienone is 1. The fourth-order valence-electron chi connectivity index (χ4n) is 2.51. The minimum atomic E-state index is -0.376. The lowest BCUT2D eigenvalue weighted by Crippen LogP contribution is -2.07. The quantitative estimate of drug-likeness (QED) is 0.450. The lowest BCUT2D eigenvalue weighted by atomic mass is 10.0. The van der Waals surface area contributed by atoms with Gasteiger partial charge in [-0.1, -0.05) is 6.08 Å². The predicted octanol–water partition coefficient (Wildman–Crippen LogP) is 3.47. The summed E-state index contributed by atoms with van der Waals surface area (Å²) in [7, 11) is 1.60. The van der Waals surface area contributed by atoms with Crippen LogP contribution in [0.3, 0.4) is 0 Å². The van der Waals surface area contributed by atoms with Crippen LogP contribution in [0.1, 0.15) is 32.3 Å². The molecule has 1 aromatic carbocycles. The van der Waals surface area contributed by atoms with Crippen LogP contribution >= 0.6 is 0 Å². The molecule has 0 spiro atoms. The average molecular weight is 345 g/mol. The smallest absolute Gasteiger partial charge is 0.338 e. The van der Waals surface area contributed by atoms with E-state index in [1.165, 1.54) is 6.92 Å². The zero-order valence-electron chi connectivity index (χ0n) is 14.8. The molecule has 0 fully saturated rings. The van der Waals surface area contributed by atoms with Crippen molar-refractivity contribution >= 4 is 28.4 Å². The second-order valence-corrected chi connectivity index (χ2v) is 5.43. The van der Waals surface area contributed by atoms with Gasteiger partial charge >= 0.3 is 11.9 Å². The van der Waals surface area contributed by atoms with Crippen molar-refractivity contribution < 1.29 is 23.8 Å². The summed E-state index contributed by atoms with van der Waals surface area (Å²) in [5, 5.41) is 0.888. The van der Waals surface area contributed by atoms with Gasteiger partial charge in [-0.2, -0.15) is 0 Å². The molecule has 1 aromatic heterocycles. The van der Waals surface area contributed by atoms with Crippen molar-refractivity contribution in [1.29, 1.82) is 0 Å². The van der Waals surface area contributed by atoms with Crippen molar-refractivity contribution in [2.45, 2.75) is 26.7 Å². The normalized spacial score (nSPS) is 11.4. The number of aromatic nitrogens is 1. The number of aromatic amines is 1. The first-order chi connectivity index (χ1) is 12.1. The van der Waals surface area contributed by atoms with Gasteiger partial charge in [-0.25, -0.2) is 4.79 Å². The van der Waals surface area contributed by atoms with Gasteiger partial charge in [0.05, 0.1) is 25.9 Å². The number of esters is 2. The van der Waals surface area contributed by atoms with E-state index in [1.54, 1.807) is 20.2 Å². The van der Waals surface area contributed by atoms with Crippen LogP contribution in [-0.4, -0.2) is 37.2 Å². The summed E-state index contributed by atoms with van der Waals surface area (Å²) in [4.78, 5) is 26.4. The summed E-state index contributed by atoms with van der Waals surface area (Å²) >= 11 is 0. The van der Waals surface area contributed by atoms with Gasteiger partial charge in [-0.15, -0.1) is 0 Å². The molecule has 0 saturated carbocycles. The standard InChI is InChI=1S/C19H23NO5/c1-4-24-19(22)15(7-5-6-10-25-13(2)21)17-12-20-18-9-8-14(23-3)11-16(17)18/h7-9,11-12,20H,4-6,10H2,1-3H3/b15-7+. The van der Waals surface area contributed by atoms with Crippen LogP contribution in [0.4, 0.5) is 0 Å². The maximum Gasteiger partial charge on any atom is 0.338 e. The number of methoxy groups -OCH3 is 1. The highest BCUT2D eigenvalue weighted by molar-refractivity contribution is 6.20. The third-order valence-corrected chi connectivity index (χ3v) is 3.68. The lowest BCUT2D eigenvalue weighted by Gasteiger charge is -2.07. The van der Waals surface area contributed by atoms with Crippen molar-refractivity contribution in [1.82, 2.24) is 4.98 Å². The fraction of sp³-hybridized carbons (Fsp3) is 0.368. The lowest BCUT2D eigenvalue weighted by molar-refractivity contribution is -0.141. The van der Waals surface area contributed by atoms with Gasteiger partial charge in [0, 0.05) is 29.6 Å². The first kappa shape index (κ1) is 18.6. The van der Waals surface area contributed by atoms with E-state index < -0.39 is 0 Å². The van der Waals surface area contributed by atoms with E-state index in [0.29, 0.717) is 37.4 Å². The van der Waals surface area contributed by atoms with Crippen molar-refractivity contribution in [2.24, 2.45) is 0 Å². The van der Waals surface area contributed by atoms with Crippen LogP contribution in [0.25, 0.3) is 16.5 Å². The molecule has 134 valence electrons. The number of unbranched alkanes of at least 4 members (excludes halogenated alkanes) is 1. The number of hydrogen-bond donors (Lipinski definition) is 1. The van der Waals surface area contributed by atoms with Crippen LogP contribution in [0.2, 0.25) is 0 Å². The molecule has 6 nitrogen and oxygen atoms in total. The Morgan fingerprint density at radius 1 is 1.24 bits per heavy atom. The Bertz CT molecular complexity index is 775. The van der Waals surface area contributed by atoms with E-state index in [2.05, 4.69) is 4.98 Å². The van der Waals surface area contributed by atoms with Gasteiger partial charge in [0.1, 0.15) is 5.75 Å². The Morgan fingerprint density at radius 2 is 2.04 bits per heavy atom. The predicted molar refractivity (Wildman–Crippen MR) is 95.3 cm³/mol. The van der Waals surface area contributed by atoms with Crippen molar-refractivity contribution in [3.8, 4) is 5.75 Å². The number of carbonyl (C=O) groups is 2. The molecule has 2 rings (SSSR count). The topological polar surface area (TPSA) is 77.6 Å². The van der Waals surface area contributed by atoms with Gasteiger partial charge in [-0.05, 0) is 38.0 Å². The monoisotopic (exact) mass is 345 g/mol. The molecule has 6 heteroatoms. The summed E-state index contributed by atoms with van der Waals surface area (Å²) in [6, 6.07) is 5.64. The summed E-state index contributed by atoms with van der Waals surface area (Å²) in [6.07, 6.45) is 4.84. The van der Waals surface area contributed by atoms with Crippen molar-refractivity contribution in [2.75, 3.05) is 20.3 Å². The number of rotatable bonds is 8. The molecule has 1 N–H and O–H groups in total. The maximum atomic E-state index is 12.4. The third-order valence-electron chi connectivity index (χ3n) is 3.68. The Hall–Kier alpha value is -2.76. The molecular weight excluding hydrogens is 322 g/mol. The molecule has 0 aliphatic rings. The number of H-pyrrole nitrogens is 1. The van der Waals surface area contributed by atoms with E-state index in [4.69, 9.17) is 14.2 Å². The molecule has 1 heterocycles. The molecule has 0 aliphatic carbocycles. The number of benzene rings is 1. The first-order valence-electron chi connectivity index (χ1n) is 8.23. The first-order valence-corrected chi connectivity index (χ1v) is 8.23. The number of hydrogen-bond acceptors (Lipinski definition) is 5. The van der Waals surface area contributed by atoms with Crippen LogP contribution in [0.5, 0.6) is 5.75 Å². The zero-order valence-corrected chi connectivity index (χ0v) is 14.8. The highest BCUT2D eigenvalue weighted by Crippen LogP contribution is 2.29. The molecule has 0 amide bonds. The summed E-state index contributed by atoms with van der Waals surface area (Å²) in [6.45, 7) is 3.77. The van der Waals surface area contributed by atoms with Gasteiger partial charge in [0.15, 0.2) is 0 Å². The molecule has 25 heavy (non-hydrogen) atoms. The van der Waals surface area contributed by atoms with Crippen LogP contribution in [-0.2, 0) is 19.1 Å². The van der Waals surface area contributed by atoms with Crippen LogP contribution < -0.4 is 4.74 Å². The van der Waals surface area contributed by atoms with E-state index in [-0.39, 0.29) is 11.9 Å². The zero-order chi connectivity index (χ0) is 18.2. The van der Waals surface area contributed by atoms with E-state index in [9.17, 15) is 9.59 Å². The van der Waals surface area contributed by atoms with E-state index >= 15 is 0 Å². The van der Waals surface area contributed by atoms with Crippen LogP contribution in [0.15, 0.2) is 30.5 Å². The minimum Gasteiger partial charge on any atom is -0.497 e. The average Bonchev–Trinajstić information content (AvgIpc) is 3.00. The fourth-order valence-corrected chi connectivity index (χ4v) is 2.51. The second kappa shape index (κ2) is 8.92. The molecule has 0 saturated heterocycles. The molecule has 2 aromatic rings. The van der Waals surface area contributed by atoms with Crippen molar-refractivity contribution in [3.63, 3.8) is 0 Å². The third kappa shape index (κ3) is 4.86. The molecule has 0 bridgehead atoms. The van der Waals surface area contributed by atoms with Gasteiger partial charge in [-0.3, -0.25) is 4.79 Å². The highest BCUT2D eigenvalue weighted by Gasteiger charge is 2.17. The van der Waals surface area contributed by atoms with Gasteiger partial charge in [0.25, 0.3) is 0 Å². The Labute approximate surface area is 146 Å². The molecule has 0 unspecified atom stereocenters. The Balaban J connectivity index is 2.28. The molecule has 0 atom stereocenters. The number of carbonyl (C=O) groups excluding carboxylic acids is 2. The maximum absolute atomic E-state index is 12.4. The number of nitrogens with one attached hydrogen (secondary N) is 1. The van der Waals surface area contributed by atoms with Gasteiger partial charge < -0.3 is 19.2 Å². The number of ether oxygens (including phenoxy) is 3. The van der Waals surface area contributed by atoms with Gasteiger partial charge in [0.2, 0.25) is 0 Å². The van der Waals surface area contributed by atoms with E-state index in [0.717, 1.165) is 16.5 Å². The second-order valence-electron chi connectivity index (χ2n) is 5.43. The summed E-state index contributed by atoms with van der Waals surface area (Å²) in [5.41, 5.74) is 2.16. The van der Waals surface area contributed by atoms with Crippen molar-refractivity contribution in [3.05, 3.63) is 36.0 Å². The summed E-state index contributed by atoms with van der Waals surface area (Å²) in [5.74, 6) is 0.0310. The number of fused-ring (bicyclic) bond motifs is 1. The molecular formula is C19H23NO5. The van der Waals surface area contributed by atoms with Crippen LogP contribution in [0, 0.1) is 0 Å². The highest BCUT2D eigenvalue weighted by atomic mass is 16.5. The minimum absolute atomic E-state index is 0.301. The molecule has 0 radical (unpaired) electrons.